The lowest BCUT2D eigenvalue weighted by atomic mass is 9.94. The third-order valence-electron chi connectivity index (χ3n) is 4.58. The topological polar surface area (TPSA) is 56.7 Å². The van der Waals surface area contributed by atoms with E-state index in [1.54, 1.807) is 0 Å². The van der Waals surface area contributed by atoms with E-state index in [4.69, 9.17) is 0 Å². The molecule has 0 radical (unpaired) electrons. The highest BCUT2D eigenvalue weighted by molar-refractivity contribution is 5.90. The summed E-state index contributed by atoms with van der Waals surface area (Å²) in [4.78, 5) is 14.6. The highest BCUT2D eigenvalue weighted by atomic mass is 16.2. The van der Waals surface area contributed by atoms with E-state index in [9.17, 15) is 4.79 Å². The molecule has 1 saturated heterocycles. The first-order chi connectivity index (χ1) is 9.78. The molecule has 2 atom stereocenters. The summed E-state index contributed by atoms with van der Waals surface area (Å²) in [6.45, 7) is 1.77. The lowest BCUT2D eigenvalue weighted by molar-refractivity contribution is -0.133. The normalized spacial score (nSPS) is 30.8. The Hall–Kier alpha value is -1.36. The van der Waals surface area contributed by atoms with Crippen LogP contribution in [0.25, 0.3) is 0 Å². The highest BCUT2D eigenvalue weighted by Crippen LogP contribution is 2.31. The Balaban J connectivity index is 1.72. The van der Waals surface area contributed by atoms with Crippen LogP contribution in [0.4, 0.5) is 0 Å². The molecular formula is C15H24N4O. The Kier molecular flexibility index (Phi) is 4.05. The molecule has 0 bridgehead atoms. The van der Waals surface area contributed by atoms with Gasteiger partial charge in [-0.3, -0.25) is 10.2 Å². The molecule has 0 spiro atoms. The van der Waals surface area contributed by atoms with Gasteiger partial charge in [0.1, 0.15) is 0 Å². The molecule has 2 N–H and O–H groups in total. The first kappa shape index (κ1) is 13.6. The summed E-state index contributed by atoms with van der Waals surface area (Å²) in [5, 5.41) is 7.60. The van der Waals surface area contributed by atoms with E-state index in [2.05, 4.69) is 26.8 Å². The molecule has 2 aliphatic heterocycles. The maximum atomic E-state index is 12.6. The summed E-state index contributed by atoms with van der Waals surface area (Å²) in [6.07, 6.45) is 9.40. The first-order valence-corrected chi connectivity index (χ1v) is 7.71. The lowest BCUT2D eigenvalue weighted by Crippen LogP contribution is -2.45. The monoisotopic (exact) mass is 276 g/mol. The van der Waals surface area contributed by atoms with Gasteiger partial charge in [0.25, 0.3) is 0 Å². The maximum Gasteiger partial charge on any atom is 0.239 e. The molecule has 110 valence electrons. The van der Waals surface area contributed by atoms with Crippen LogP contribution in [0.2, 0.25) is 0 Å². The summed E-state index contributed by atoms with van der Waals surface area (Å²) in [5.41, 5.74) is 4.14. The van der Waals surface area contributed by atoms with Crippen molar-refractivity contribution in [2.75, 3.05) is 20.1 Å². The number of hydrazone groups is 1. The van der Waals surface area contributed by atoms with Crippen molar-refractivity contribution in [3.63, 3.8) is 0 Å². The molecule has 2 heterocycles. The van der Waals surface area contributed by atoms with Crippen LogP contribution in [0, 0.1) is 11.8 Å². The Morgan fingerprint density at radius 2 is 2.25 bits per heavy atom. The molecule has 1 saturated carbocycles. The van der Waals surface area contributed by atoms with Gasteiger partial charge in [0.15, 0.2) is 0 Å². The van der Waals surface area contributed by atoms with Gasteiger partial charge in [-0.2, -0.15) is 5.10 Å². The summed E-state index contributed by atoms with van der Waals surface area (Å²) >= 11 is 0. The number of likely N-dealkylation sites (tertiary alicyclic amines) is 1. The fourth-order valence-corrected chi connectivity index (χ4v) is 3.13. The van der Waals surface area contributed by atoms with E-state index in [0.717, 1.165) is 38.3 Å². The number of carbonyl (C=O) groups excluding carboxylic acids is 1. The van der Waals surface area contributed by atoms with Crippen molar-refractivity contribution in [2.24, 2.45) is 16.9 Å². The van der Waals surface area contributed by atoms with Gasteiger partial charge in [-0.1, -0.05) is 6.08 Å². The van der Waals surface area contributed by atoms with Gasteiger partial charge in [0, 0.05) is 37.3 Å². The van der Waals surface area contributed by atoms with Gasteiger partial charge in [0.05, 0.1) is 6.04 Å². The number of nitrogens with one attached hydrogen (secondary N) is 2. The smallest absolute Gasteiger partial charge is 0.239 e. The Bertz CT molecular complexity index is 428. The summed E-state index contributed by atoms with van der Waals surface area (Å²) in [6, 6.07) is -0.0218. The van der Waals surface area contributed by atoms with Gasteiger partial charge in [0.2, 0.25) is 5.91 Å². The lowest BCUT2D eigenvalue weighted by Gasteiger charge is -2.27. The third kappa shape index (κ3) is 3.03. The van der Waals surface area contributed by atoms with Gasteiger partial charge < -0.3 is 10.2 Å². The first-order valence-electron chi connectivity index (χ1n) is 7.71. The fourth-order valence-electron chi connectivity index (χ4n) is 3.13. The third-order valence-corrected chi connectivity index (χ3v) is 4.58. The number of hydrogen-bond acceptors (Lipinski definition) is 4. The zero-order chi connectivity index (χ0) is 13.9. The minimum Gasteiger partial charge on any atom is -0.340 e. The van der Waals surface area contributed by atoms with E-state index in [1.807, 2.05) is 13.2 Å². The van der Waals surface area contributed by atoms with E-state index in [0.29, 0.717) is 5.92 Å². The number of allylic oxidation sites excluding steroid dienone is 1. The molecule has 2 fully saturated rings. The van der Waals surface area contributed by atoms with E-state index in [1.165, 1.54) is 18.6 Å². The zero-order valence-corrected chi connectivity index (χ0v) is 12.1. The minimum absolute atomic E-state index is 0.0218. The zero-order valence-electron chi connectivity index (χ0n) is 12.1. The summed E-state index contributed by atoms with van der Waals surface area (Å²) in [5.74, 6) is 1.41. The number of rotatable bonds is 4. The van der Waals surface area contributed by atoms with Crippen molar-refractivity contribution in [2.45, 2.75) is 38.1 Å². The number of amides is 1. The molecule has 5 nitrogen and oxygen atoms in total. The predicted molar refractivity (Wildman–Crippen MR) is 79.2 cm³/mol. The standard InChI is InChI=1S/C15H24N4O/c1-16-14-7-6-12(13-3-2-8-17-18-13)10-19(15(14)20)9-11-4-5-11/h2,8,11-12,14,16-17H,3-7,9-10H2,1H3. The van der Waals surface area contributed by atoms with Gasteiger partial charge >= 0.3 is 0 Å². The van der Waals surface area contributed by atoms with Crippen molar-refractivity contribution in [1.29, 1.82) is 0 Å². The molecule has 0 aromatic carbocycles. The van der Waals surface area contributed by atoms with Crippen LogP contribution in [0.5, 0.6) is 0 Å². The Labute approximate surface area is 120 Å². The summed E-state index contributed by atoms with van der Waals surface area (Å²) < 4.78 is 0. The number of nitrogens with zero attached hydrogens (tertiary/aromatic N) is 2. The van der Waals surface area contributed by atoms with Crippen LogP contribution in [-0.2, 0) is 4.79 Å². The van der Waals surface area contributed by atoms with Crippen molar-refractivity contribution in [3.8, 4) is 0 Å². The second-order valence-corrected chi connectivity index (χ2v) is 6.14. The van der Waals surface area contributed by atoms with Crippen molar-refractivity contribution in [3.05, 3.63) is 12.3 Å². The maximum absolute atomic E-state index is 12.6. The molecule has 20 heavy (non-hydrogen) atoms. The minimum atomic E-state index is -0.0218. The molecule has 3 aliphatic rings. The van der Waals surface area contributed by atoms with Crippen molar-refractivity contribution >= 4 is 11.6 Å². The highest BCUT2D eigenvalue weighted by Gasteiger charge is 2.35. The molecule has 0 aromatic heterocycles. The van der Waals surface area contributed by atoms with Crippen molar-refractivity contribution < 1.29 is 4.79 Å². The van der Waals surface area contributed by atoms with E-state index < -0.39 is 0 Å². The van der Waals surface area contributed by atoms with Gasteiger partial charge in [-0.15, -0.1) is 0 Å². The van der Waals surface area contributed by atoms with Crippen LogP contribution in [0.3, 0.4) is 0 Å². The fraction of sp³-hybridized carbons (Fsp3) is 0.733. The average molecular weight is 276 g/mol. The number of carbonyl (C=O) groups is 1. The Morgan fingerprint density at radius 3 is 2.90 bits per heavy atom. The number of hydrogen-bond donors (Lipinski definition) is 2. The molecule has 1 amide bonds. The SMILES string of the molecule is CNC1CCC(C2=NNC=CC2)CN(CC2CC2)C1=O. The quantitative estimate of drug-likeness (QED) is 0.808. The molecule has 3 rings (SSSR count). The van der Waals surface area contributed by atoms with Crippen LogP contribution >= 0.6 is 0 Å². The van der Waals surface area contributed by atoms with Crippen LogP contribution in [-0.4, -0.2) is 42.7 Å². The molecular weight excluding hydrogens is 252 g/mol. The van der Waals surface area contributed by atoms with Crippen LogP contribution in [0.15, 0.2) is 17.4 Å². The second kappa shape index (κ2) is 5.95. The van der Waals surface area contributed by atoms with Gasteiger partial charge in [-0.25, -0.2) is 0 Å². The molecule has 2 unspecified atom stereocenters. The number of likely N-dealkylation sites (N-methyl/N-ethyl adjacent to an activating group) is 1. The largest absolute Gasteiger partial charge is 0.340 e. The molecule has 0 aromatic rings. The molecule has 1 aliphatic carbocycles. The average Bonchev–Trinajstić information content (AvgIpc) is 3.30. The molecule has 5 heteroatoms. The predicted octanol–water partition coefficient (Wildman–Crippen LogP) is 1.09. The van der Waals surface area contributed by atoms with Crippen LogP contribution < -0.4 is 10.7 Å². The summed E-state index contributed by atoms with van der Waals surface area (Å²) in [7, 11) is 1.89. The van der Waals surface area contributed by atoms with Crippen LogP contribution in [0.1, 0.15) is 32.1 Å². The second-order valence-electron chi connectivity index (χ2n) is 6.14. The Morgan fingerprint density at radius 1 is 1.40 bits per heavy atom. The van der Waals surface area contributed by atoms with Crippen molar-refractivity contribution in [1.82, 2.24) is 15.6 Å². The van der Waals surface area contributed by atoms with E-state index >= 15 is 0 Å². The van der Waals surface area contributed by atoms with Gasteiger partial charge in [-0.05, 0) is 38.6 Å². The van der Waals surface area contributed by atoms with E-state index in [-0.39, 0.29) is 11.9 Å².